The molecule has 0 saturated heterocycles. The average molecular weight is 599 g/mol. The molecular weight excluding hydrogens is 568 g/mol. The molecule has 1 fully saturated rings. The molecule has 0 aliphatic heterocycles. The fraction of sp³-hybridized carbons (Fsp3) is 0.281. The first-order chi connectivity index (χ1) is 20.8. The summed E-state index contributed by atoms with van der Waals surface area (Å²) in [6.07, 6.45) is 4.85. The van der Waals surface area contributed by atoms with Gasteiger partial charge in [-0.05, 0) is 31.0 Å². The fourth-order valence-electron chi connectivity index (χ4n) is 5.33. The number of methoxy groups -OCH3 is 1. The van der Waals surface area contributed by atoms with Gasteiger partial charge in [-0.15, -0.1) is 0 Å². The first-order valence-corrected chi connectivity index (χ1v) is 14.3. The van der Waals surface area contributed by atoms with Crippen molar-refractivity contribution in [2.24, 2.45) is 7.05 Å². The highest BCUT2D eigenvalue weighted by molar-refractivity contribution is 6.36. The van der Waals surface area contributed by atoms with E-state index >= 15 is 0 Å². The fourth-order valence-corrected chi connectivity index (χ4v) is 5.65. The third-order valence-electron chi connectivity index (χ3n) is 7.66. The predicted molar refractivity (Wildman–Crippen MR) is 164 cm³/mol. The molecule has 2 heterocycles. The molecule has 4 aromatic rings. The van der Waals surface area contributed by atoms with Gasteiger partial charge in [0, 0.05) is 48.1 Å². The number of carbonyl (C=O) groups excluding carboxylic acids is 1. The van der Waals surface area contributed by atoms with Gasteiger partial charge in [0.15, 0.2) is 0 Å². The number of anilines is 1. The van der Waals surface area contributed by atoms with Crippen molar-refractivity contribution >= 4 is 23.2 Å². The number of aliphatic hydroxyl groups excluding tert-OH is 1. The van der Waals surface area contributed by atoms with E-state index in [4.69, 9.17) is 21.3 Å². The normalized spacial score (nSPS) is 16.3. The van der Waals surface area contributed by atoms with Crippen LogP contribution in [0.2, 0.25) is 5.02 Å². The first kappa shape index (κ1) is 29.9. The largest absolute Gasteiger partial charge is 0.481 e. The second kappa shape index (κ2) is 13.2. The van der Waals surface area contributed by atoms with E-state index in [1.807, 2.05) is 24.3 Å². The van der Waals surface area contributed by atoms with Crippen LogP contribution in [0.4, 0.5) is 5.69 Å². The van der Waals surface area contributed by atoms with Crippen LogP contribution < -0.4 is 20.9 Å². The van der Waals surface area contributed by atoms with Gasteiger partial charge in [-0.2, -0.15) is 10.4 Å². The maximum absolute atomic E-state index is 12.9. The number of rotatable bonds is 8. The van der Waals surface area contributed by atoms with Crippen molar-refractivity contribution in [1.29, 1.82) is 5.26 Å². The van der Waals surface area contributed by atoms with E-state index in [0.29, 0.717) is 39.8 Å². The first-order valence-electron chi connectivity index (χ1n) is 13.9. The molecule has 1 unspecified atom stereocenters. The maximum atomic E-state index is 12.9. The van der Waals surface area contributed by atoms with Gasteiger partial charge < -0.3 is 20.5 Å². The number of nitrogens with zero attached hydrogens (tertiary/aromatic N) is 4. The minimum atomic E-state index is -0.652. The monoisotopic (exact) mass is 598 g/mol. The zero-order valence-electron chi connectivity index (χ0n) is 23.8. The molecule has 11 heteroatoms. The Morgan fingerprint density at radius 1 is 1.12 bits per heavy atom. The van der Waals surface area contributed by atoms with Gasteiger partial charge in [0.05, 0.1) is 35.2 Å². The molecule has 220 valence electrons. The Hall–Kier alpha value is -4.56. The van der Waals surface area contributed by atoms with Gasteiger partial charge >= 0.3 is 0 Å². The van der Waals surface area contributed by atoms with Gasteiger partial charge in [0.25, 0.3) is 11.5 Å². The molecular formula is C32H31ClN6O4. The Morgan fingerprint density at radius 3 is 2.63 bits per heavy atom. The second-order valence-electron chi connectivity index (χ2n) is 10.3. The summed E-state index contributed by atoms with van der Waals surface area (Å²) < 4.78 is 6.67. The molecule has 1 aliphatic rings. The van der Waals surface area contributed by atoms with E-state index in [1.165, 1.54) is 19.3 Å². The number of hydrogen-bond donors (Lipinski definition) is 3. The quantitative estimate of drug-likeness (QED) is 0.265. The number of hydrogen-bond acceptors (Lipinski definition) is 8. The summed E-state index contributed by atoms with van der Waals surface area (Å²) in [6, 6.07) is 17.8. The van der Waals surface area contributed by atoms with E-state index in [-0.39, 0.29) is 29.0 Å². The second-order valence-corrected chi connectivity index (χ2v) is 10.7. The number of ether oxygens (including phenoxy) is 1. The number of aryl methyl sites for hydroxylation is 1. The van der Waals surface area contributed by atoms with Gasteiger partial charge in [0.1, 0.15) is 11.6 Å². The van der Waals surface area contributed by atoms with E-state index in [1.54, 1.807) is 31.4 Å². The van der Waals surface area contributed by atoms with Crippen molar-refractivity contribution in [2.45, 2.75) is 44.4 Å². The van der Waals surface area contributed by atoms with Crippen molar-refractivity contribution in [3.63, 3.8) is 0 Å². The molecule has 1 aliphatic carbocycles. The van der Waals surface area contributed by atoms with Crippen molar-refractivity contribution < 1.29 is 14.6 Å². The summed E-state index contributed by atoms with van der Waals surface area (Å²) in [5, 5.41) is 30.7. The minimum absolute atomic E-state index is 0.0363. The van der Waals surface area contributed by atoms with Gasteiger partial charge in [-0.3, -0.25) is 9.59 Å². The zero-order chi connectivity index (χ0) is 30.5. The summed E-state index contributed by atoms with van der Waals surface area (Å²) in [5.74, 6) is -0.207. The van der Waals surface area contributed by atoms with Crippen LogP contribution in [0.3, 0.4) is 0 Å². The van der Waals surface area contributed by atoms with E-state index in [9.17, 15) is 20.0 Å². The SMILES string of the molecule is COc1nc(-c2cccc(-c3cccc(NC(=O)c4ccnn(C)c4=O)c3C#N)c2Cl)ccc1CNC1CCCC[C@@H]1O. The molecule has 43 heavy (non-hydrogen) atoms. The van der Waals surface area contributed by atoms with Crippen LogP contribution in [0.1, 0.15) is 47.2 Å². The van der Waals surface area contributed by atoms with Crippen LogP contribution in [0.15, 0.2) is 65.6 Å². The van der Waals surface area contributed by atoms with E-state index in [2.05, 4.69) is 21.8 Å². The lowest BCUT2D eigenvalue weighted by Gasteiger charge is -2.28. The number of aromatic nitrogens is 3. The smallest absolute Gasteiger partial charge is 0.279 e. The average Bonchev–Trinajstić information content (AvgIpc) is 3.02. The maximum Gasteiger partial charge on any atom is 0.279 e. The number of aliphatic hydroxyl groups is 1. The van der Waals surface area contributed by atoms with Crippen LogP contribution in [0.25, 0.3) is 22.4 Å². The van der Waals surface area contributed by atoms with Crippen LogP contribution in [0, 0.1) is 11.3 Å². The lowest BCUT2D eigenvalue weighted by atomic mass is 9.92. The van der Waals surface area contributed by atoms with E-state index in [0.717, 1.165) is 35.9 Å². The predicted octanol–water partition coefficient (Wildman–Crippen LogP) is 4.69. The topological polar surface area (TPSA) is 142 Å². The Labute approximate surface area is 253 Å². The summed E-state index contributed by atoms with van der Waals surface area (Å²) in [7, 11) is 3.01. The molecule has 0 spiro atoms. The lowest BCUT2D eigenvalue weighted by molar-refractivity contribution is 0.0901. The molecule has 2 aromatic carbocycles. The molecule has 1 saturated carbocycles. The van der Waals surface area contributed by atoms with Crippen LogP contribution in [-0.2, 0) is 13.6 Å². The molecule has 5 rings (SSSR count). The van der Waals surface area contributed by atoms with Crippen LogP contribution >= 0.6 is 11.6 Å². The molecule has 3 N–H and O–H groups in total. The lowest BCUT2D eigenvalue weighted by Crippen LogP contribution is -2.41. The number of halogens is 1. The molecule has 1 amide bonds. The van der Waals surface area contributed by atoms with Crippen LogP contribution in [-0.4, -0.2) is 45.0 Å². The minimum Gasteiger partial charge on any atom is -0.481 e. The number of amides is 1. The highest BCUT2D eigenvalue weighted by atomic mass is 35.5. The zero-order valence-corrected chi connectivity index (χ0v) is 24.6. The molecule has 10 nitrogen and oxygen atoms in total. The van der Waals surface area contributed by atoms with Crippen molar-refractivity contribution in [3.05, 3.63) is 92.9 Å². The third kappa shape index (κ3) is 6.29. The van der Waals surface area contributed by atoms with Gasteiger partial charge in [-0.25, -0.2) is 9.67 Å². The van der Waals surface area contributed by atoms with Crippen molar-refractivity contribution in [1.82, 2.24) is 20.1 Å². The standard InChI is InChI=1S/C32H31ClN6O4/c1-39-32(42)23(15-16-36-39)30(41)37-25-11-6-7-20(24(25)17-34)21-8-5-9-22(29(21)33)26-14-13-19(31(38-26)43-2)18-35-27-10-3-4-12-28(27)40/h5-9,11,13-16,27-28,35,40H,3-4,10,12,18H2,1-2H3,(H,37,41)/t27?,28-/m0/s1. The summed E-state index contributed by atoms with van der Waals surface area (Å²) in [6.45, 7) is 0.502. The molecule has 0 bridgehead atoms. The molecule has 2 aromatic heterocycles. The highest BCUT2D eigenvalue weighted by Gasteiger charge is 2.23. The summed E-state index contributed by atoms with van der Waals surface area (Å²) >= 11 is 6.94. The van der Waals surface area contributed by atoms with Gasteiger partial charge in [-0.1, -0.05) is 60.8 Å². The van der Waals surface area contributed by atoms with Crippen LogP contribution in [0.5, 0.6) is 5.88 Å². The number of nitrogens with one attached hydrogen (secondary N) is 2. The van der Waals surface area contributed by atoms with Crippen molar-refractivity contribution in [3.8, 4) is 34.3 Å². The summed E-state index contributed by atoms with van der Waals surface area (Å²) in [4.78, 5) is 30.0. The summed E-state index contributed by atoms with van der Waals surface area (Å²) in [5.41, 5.74) is 2.94. The molecule has 0 radical (unpaired) electrons. The van der Waals surface area contributed by atoms with E-state index < -0.39 is 11.5 Å². The third-order valence-corrected chi connectivity index (χ3v) is 8.06. The van der Waals surface area contributed by atoms with Gasteiger partial charge in [0.2, 0.25) is 5.88 Å². The Bertz CT molecular complexity index is 1770. The highest BCUT2D eigenvalue weighted by Crippen LogP contribution is 2.39. The molecule has 2 atom stereocenters. The number of carbonyl (C=O) groups is 1. The number of nitriles is 1. The van der Waals surface area contributed by atoms with Crippen molar-refractivity contribution in [2.75, 3.05) is 12.4 Å². The Morgan fingerprint density at radius 2 is 1.86 bits per heavy atom. The Balaban J connectivity index is 1.44. The number of benzene rings is 2. The Kier molecular flexibility index (Phi) is 9.16. The number of pyridine rings is 1.